The van der Waals surface area contributed by atoms with Crippen molar-refractivity contribution in [2.45, 2.75) is 63.1 Å². The first-order chi connectivity index (χ1) is 22.1. The van der Waals surface area contributed by atoms with Gasteiger partial charge in [0.05, 0.1) is 18.1 Å². The Balaban J connectivity index is 1.66. The second-order valence-corrected chi connectivity index (χ2v) is 11.8. The fourth-order valence-corrected chi connectivity index (χ4v) is 5.78. The van der Waals surface area contributed by atoms with E-state index in [-0.39, 0.29) is 12.7 Å². The van der Waals surface area contributed by atoms with E-state index in [0.29, 0.717) is 48.5 Å². The number of piperidine rings is 1. The highest BCUT2D eigenvalue weighted by molar-refractivity contribution is 6.20. The van der Waals surface area contributed by atoms with Crippen molar-refractivity contribution in [3.63, 3.8) is 0 Å². The molecule has 4 rings (SSSR count). The predicted molar refractivity (Wildman–Crippen MR) is 163 cm³/mol. The molecular formula is C32H38F6N6O3. The number of fused-ring (bicyclic) bond motifs is 1. The van der Waals surface area contributed by atoms with Crippen LogP contribution in [0.3, 0.4) is 0 Å². The van der Waals surface area contributed by atoms with Crippen LogP contribution < -0.4 is 21.3 Å². The molecule has 15 heteroatoms. The van der Waals surface area contributed by atoms with Crippen molar-refractivity contribution < 1.29 is 40.7 Å². The fraction of sp³-hybridized carbons (Fsp3) is 0.500. The number of nitrogens with zero attached hydrogens (tertiary/aromatic N) is 3. The van der Waals surface area contributed by atoms with Crippen molar-refractivity contribution in [2.24, 2.45) is 22.6 Å². The topological polar surface area (TPSA) is 120 Å². The van der Waals surface area contributed by atoms with Gasteiger partial charge in [-0.2, -0.15) is 26.3 Å². The van der Waals surface area contributed by atoms with E-state index < -0.39 is 73.8 Å². The molecule has 1 fully saturated rings. The Hall–Kier alpha value is -3.98. The van der Waals surface area contributed by atoms with Crippen LogP contribution in [0.25, 0.3) is 0 Å². The van der Waals surface area contributed by atoms with Crippen LogP contribution in [0.4, 0.5) is 32.0 Å². The summed E-state index contributed by atoms with van der Waals surface area (Å²) in [6.45, 7) is 0.943. The lowest BCUT2D eigenvalue weighted by molar-refractivity contribution is -0.153. The van der Waals surface area contributed by atoms with Gasteiger partial charge in [-0.3, -0.25) is 19.3 Å². The molecule has 0 saturated carbocycles. The number of nitrogens with one attached hydrogen (secondary N) is 2. The number of carbonyl (C=O) groups excluding carboxylic acids is 3. The third-order valence-electron chi connectivity index (χ3n) is 8.42. The Labute approximate surface area is 268 Å². The molecule has 2 aromatic rings. The first kappa shape index (κ1) is 35.9. The van der Waals surface area contributed by atoms with Crippen LogP contribution in [0.15, 0.2) is 59.6 Å². The largest absolute Gasteiger partial charge is 0.389 e. The van der Waals surface area contributed by atoms with Gasteiger partial charge < -0.3 is 21.3 Å². The number of hydrogen-bond acceptors (Lipinski definition) is 6. The highest BCUT2D eigenvalue weighted by atomic mass is 19.4. The number of benzene rings is 2. The minimum atomic E-state index is -4.77. The third-order valence-corrected chi connectivity index (χ3v) is 8.42. The van der Waals surface area contributed by atoms with Crippen molar-refractivity contribution in [1.29, 1.82) is 0 Å². The fourth-order valence-electron chi connectivity index (χ4n) is 5.78. The molecule has 3 atom stereocenters. The quantitative estimate of drug-likeness (QED) is 0.308. The van der Waals surface area contributed by atoms with Gasteiger partial charge in [0.25, 0.3) is 5.91 Å². The van der Waals surface area contributed by atoms with Crippen LogP contribution in [0.1, 0.15) is 49.7 Å². The van der Waals surface area contributed by atoms with Crippen LogP contribution >= 0.6 is 0 Å². The molecule has 47 heavy (non-hydrogen) atoms. The monoisotopic (exact) mass is 668 g/mol. The van der Waals surface area contributed by atoms with E-state index in [0.717, 1.165) is 0 Å². The van der Waals surface area contributed by atoms with Crippen LogP contribution in [0, 0.1) is 11.8 Å². The van der Waals surface area contributed by atoms with Crippen molar-refractivity contribution in [3.05, 3.63) is 65.7 Å². The Morgan fingerprint density at radius 2 is 1.45 bits per heavy atom. The van der Waals surface area contributed by atoms with E-state index >= 15 is 0 Å². The number of likely N-dealkylation sites (tertiary alicyclic amines) is 1. The molecule has 1 saturated heterocycles. The van der Waals surface area contributed by atoms with Gasteiger partial charge in [0, 0.05) is 62.0 Å². The number of rotatable bonds is 11. The molecule has 2 aromatic carbocycles. The van der Waals surface area contributed by atoms with E-state index in [2.05, 4.69) is 15.6 Å². The van der Waals surface area contributed by atoms with Crippen LogP contribution in [-0.4, -0.2) is 79.7 Å². The predicted octanol–water partition coefficient (Wildman–Crippen LogP) is 4.36. The molecule has 0 unspecified atom stereocenters. The molecule has 0 bridgehead atoms. The molecule has 0 aromatic heterocycles. The van der Waals surface area contributed by atoms with E-state index in [1.165, 1.54) is 11.9 Å². The minimum absolute atomic E-state index is 0.0273. The summed E-state index contributed by atoms with van der Waals surface area (Å²) >= 11 is 0. The Morgan fingerprint density at radius 1 is 0.894 bits per heavy atom. The Morgan fingerprint density at radius 3 is 2.04 bits per heavy atom. The maximum Gasteiger partial charge on any atom is 0.389 e. The zero-order valence-corrected chi connectivity index (χ0v) is 25.8. The van der Waals surface area contributed by atoms with Gasteiger partial charge in [-0.25, -0.2) is 4.99 Å². The molecule has 2 aliphatic heterocycles. The number of benzodiazepines with no additional fused rings is 1. The molecule has 256 valence electrons. The molecule has 3 amide bonds. The number of para-hydroxylation sites is 1. The van der Waals surface area contributed by atoms with Gasteiger partial charge in [0.1, 0.15) is 0 Å². The smallest absolute Gasteiger partial charge is 0.343 e. The van der Waals surface area contributed by atoms with Gasteiger partial charge in [-0.05, 0) is 31.7 Å². The Bertz CT molecular complexity index is 1430. The second kappa shape index (κ2) is 15.3. The number of carbonyl (C=O) groups is 3. The van der Waals surface area contributed by atoms with Gasteiger partial charge in [-0.1, -0.05) is 48.5 Å². The summed E-state index contributed by atoms with van der Waals surface area (Å²) in [5, 5.41) is 4.90. The number of aliphatic imine (C=N–C) groups is 1. The van der Waals surface area contributed by atoms with E-state index in [1.54, 1.807) is 54.6 Å². The Kier molecular flexibility index (Phi) is 11.7. The lowest BCUT2D eigenvalue weighted by Crippen LogP contribution is -2.51. The van der Waals surface area contributed by atoms with Crippen molar-refractivity contribution >= 4 is 29.1 Å². The van der Waals surface area contributed by atoms with E-state index in [1.807, 2.05) is 4.90 Å². The first-order valence-electron chi connectivity index (χ1n) is 15.3. The van der Waals surface area contributed by atoms with Crippen molar-refractivity contribution in [3.8, 4) is 0 Å². The zero-order chi connectivity index (χ0) is 34.4. The van der Waals surface area contributed by atoms with Crippen molar-refractivity contribution in [1.82, 2.24) is 15.5 Å². The number of anilines is 1. The number of amides is 3. The molecule has 2 heterocycles. The summed E-state index contributed by atoms with van der Waals surface area (Å²) in [6.07, 6.45) is -14.8. The number of likely N-dealkylation sites (N-methyl/N-ethyl adjacent to an activating group) is 1. The van der Waals surface area contributed by atoms with Crippen LogP contribution in [-0.2, 0) is 14.4 Å². The lowest BCUT2D eigenvalue weighted by atomic mass is 9.83. The second-order valence-electron chi connectivity index (χ2n) is 11.8. The van der Waals surface area contributed by atoms with Crippen LogP contribution in [0.2, 0.25) is 0 Å². The normalized spacial score (nSPS) is 19.3. The van der Waals surface area contributed by atoms with E-state index in [9.17, 15) is 40.7 Å². The number of halogens is 6. The molecule has 0 radical (unpaired) electrons. The van der Waals surface area contributed by atoms with Gasteiger partial charge in [-0.15, -0.1) is 0 Å². The highest BCUT2D eigenvalue weighted by Crippen LogP contribution is 2.34. The average molecular weight is 669 g/mol. The molecule has 0 aliphatic carbocycles. The summed E-state index contributed by atoms with van der Waals surface area (Å²) in [7, 11) is 1.44. The van der Waals surface area contributed by atoms with Gasteiger partial charge >= 0.3 is 12.4 Å². The number of hydrogen-bond donors (Lipinski definition) is 3. The standard InChI is InChI=1S/C32H38F6N6O3/c1-43-25-10-6-5-9-24(25)26(20-7-3-2-4-8-20)41-27(30(43)47)42-29(46)23(12-16-32(36,37)38)22(11-15-31(33,34)35)28(45)40-19-44-17-13-21(39)14-18-44/h2-10,21-23,27H,11-19,39H2,1H3,(H,40,45)(H,42,46)/t22-,23+,27+/m0/s1. The molecule has 2 aliphatic rings. The molecule has 4 N–H and O–H groups in total. The SMILES string of the molecule is CN1C(=O)[C@@H](NC(=O)[C@H](CCC(F)(F)F)[C@H](CCC(F)(F)F)C(=O)NCN2CCC(N)CC2)N=C(c2ccccc2)c2ccccc21. The first-order valence-corrected chi connectivity index (χ1v) is 15.3. The maximum atomic E-state index is 13.8. The minimum Gasteiger partial charge on any atom is -0.343 e. The lowest BCUT2D eigenvalue weighted by Gasteiger charge is -2.32. The van der Waals surface area contributed by atoms with E-state index in [4.69, 9.17) is 5.73 Å². The summed E-state index contributed by atoms with van der Waals surface area (Å²) in [6, 6.07) is 15.5. The molecular weight excluding hydrogens is 630 g/mol. The van der Waals surface area contributed by atoms with Crippen molar-refractivity contribution in [2.75, 3.05) is 31.7 Å². The molecule has 0 spiro atoms. The third kappa shape index (κ3) is 10.0. The summed E-state index contributed by atoms with van der Waals surface area (Å²) < 4.78 is 80.5. The summed E-state index contributed by atoms with van der Waals surface area (Å²) in [4.78, 5) is 48.4. The number of alkyl halides is 6. The summed E-state index contributed by atoms with van der Waals surface area (Å²) in [5.41, 5.74) is 7.78. The molecule has 9 nitrogen and oxygen atoms in total. The maximum absolute atomic E-state index is 13.8. The van der Waals surface area contributed by atoms with Gasteiger partial charge in [0.15, 0.2) is 0 Å². The average Bonchev–Trinajstić information content (AvgIpc) is 3.12. The highest BCUT2D eigenvalue weighted by Gasteiger charge is 2.42. The van der Waals surface area contributed by atoms with Crippen LogP contribution in [0.5, 0.6) is 0 Å². The van der Waals surface area contributed by atoms with Gasteiger partial charge in [0.2, 0.25) is 18.0 Å². The summed E-state index contributed by atoms with van der Waals surface area (Å²) in [5.74, 6) is -6.54. The number of nitrogens with two attached hydrogens (primary N) is 1. The zero-order valence-electron chi connectivity index (χ0n) is 25.8.